The van der Waals surface area contributed by atoms with E-state index in [1.54, 1.807) is 67.8 Å². The Labute approximate surface area is 174 Å². The summed E-state index contributed by atoms with van der Waals surface area (Å²) < 4.78 is 23.9. The molecule has 30 heavy (non-hydrogen) atoms. The molecule has 0 aliphatic heterocycles. The number of amides is 1. The first-order chi connectivity index (χ1) is 14.6. The van der Waals surface area contributed by atoms with Crippen LogP contribution < -0.4 is 14.8 Å². The normalized spacial score (nSPS) is 10.8. The van der Waals surface area contributed by atoms with Gasteiger partial charge in [0.25, 0.3) is 5.91 Å². The zero-order valence-corrected chi connectivity index (χ0v) is 16.3. The summed E-state index contributed by atoms with van der Waals surface area (Å²) in [5.74, 6) is 0.448. The fourth-order valence-corrected chi connectivity index (χ4v) is 2.64. The Balaban J connectivity index is 1.63. The van der Waals surface area contributed by atoms with Crippen LogP contribution >= 0.6 is 0 Å². The Morgan fingerprint density at radius 3 is 2.40 bits per heavy atom. The molecule has 0 aromatic heterocycles. The van der Waals surface area contributed by atoms with E-state index in [2.05, 4.69) is 5.32 Å². The van der Waals surface area contributed by atoms with Gasteiger partial charge in [0.05, 0.1) is 7.11 Å². The van der Waals surface area contributed by atoms with Crippen molar-refractivity contribution in [1.29, 1.82) is 5.26 Å². The van der Waals surface area contributed by atoms with Gasteiger partial charge in [0.15, 0.2) is 0 Å². The zero-order chi connectivity index (χ0) is 21.3. The average molecular weight is 402 g/mol. The number of carbonyl (C=O) groups excluding carboxylic acids is 1. The average Bonchev–Trinajstić information content (AvgIpc) is 2.77. The van der Waals surface area contributed by atoms with Crippen molar-refractivity contribution in [1.82, 2.24) is 0 Å². The second-order valence-corrected chi connectivity index (χ2v) is 6.34. The second-order valence-electron chi connectivity index (χ2n) is 6.34. The molecule has 3 rings (SSSR count). The topological polar surface area (TPSA) is 71.3 Å². The van der Waals surface area contributed by atoms with Crippen LogP contribution in [0.3, 0.4) is 0 Å². The van der Waals surface area contributed by atoms with Gasteiger partial charge in [-0.15, -0.1) is 0 Å². The molecule has 0 spiro atoms. The van der Waals surface area contributed by atoms with Gasteiger partial charge in [0.1, 0.15) is 35.6 Å². The van der Waals surface area contributed by atoms with Crippen LogP contribution in [0.1, 0.15) is 11.1 Å². The molecule has 0 radical (unpaired) electrons. The van der Waals surface area contributed by atoms with E-state index >= 15 is 0 Å². The van der Waals surface area contributed by atoms with Crippen LogP contribution in [0, 0.1) is 17.1 Å². The van der Waals surface area contributed by atoms with Gasteiger partial charge >= 0.3 is 0 Å². The quantitative estimate of drug-likeness (QED) is 0.448. The Morgan fingerprint density at radius 2 is 1.77 bits per heavy atom. The number of benzene rings is 3. The summed E-state index contributed by atoms with van der Waals surface area (Å²) >= 11 is 0. The molecule has 6 heteroatoms. The Hall–Kier alpha value is -4.11. The molecule has 3 aromatic rings. The third-order valence-corrected chi connectivity index (χ3v) is 4.20. The lowest BCUT2D eigenvalue weighted by molar-refractivity contribution is -0.112. The lowest BCUT2D eigenvalue weighted by atomic mass is 10.1. The Kier molecular flexibility index (Phi) is 6.80. The zero-order valence-electron chi connectivity index (χ0n) is 16.3. The maximum atomic E-state index is 13.2. The number of anilines is 1. The predicted octanol–water partition coefficient (Wildman–Crippen LogP) is 4.96. The van der Waals surface area contributed by atoms with E-state index in [1.807, 2.05) is 6.07 Å². The van der Waals surface area contributed by atoms with Gasteiger partial charge in [-0.3, -0.25) is 4.79 Å². The number of rotatable bonds is 7. The summed E-state index contributed by atoms with van der Waals surface area (Å²) in [4.78, 5) is 12.4. The molecule has 150 valence electrons. The lowest BCUT2D eigenvalue weighted by Crippen LogP contribution is -2.13. The van der Waals surface area contributed by atoms with Crippen molar-refractivity contribution in [3.05, 3.63) is 95.3 Å². The highest BCUT2D eigenvalue weighted by atomic mass is 19.1. The molecular formula is C24H19FN2O3. The van der Waals surface area contributed by atoms with E-state index in [0.29, 0.717) is 22.7 Å². The summed E-state index contributed by atoms with van der Waals surface area (Å²) in [5.41, 5.74) is 1.93. The highest BCUT2D eigenvalue weighted by molar-refractivity contribution is 6.09. The number of nitriles is 1. The van der Waals surface area contributed by atoms with Crippen LogP contribution in [-0.4, -0.2) is 13.0 Å². The molecule has 0 saturated carbocycles. The maximum Gasteiger partial charge on any atom is 0.266 e. The molecule has 0 bridgehead atoms. The molecule has 0 fully saturated rings. The molecule has 1 amide bonds. The summed E-state index contributed by atoms with van der Waals surface area (Å²) in [6.45, 7) is 0.237. The minimum atomic E-state index is -0.505. The summed E-state index contributed by atoms with van der Waals surface area (Å²) in [7, 11) is 1.56. The van der Waals surface area contributed by atoms with Crippen molar-refractivity contribution in [3.8, 4) is 17.6 Å². The standard InChI is InChI=1S/C24H19FN2O3/c1-29-22-11-7-21(8-12-22)27-24(28)19(15-26)13-17-5-9-23(10-6-17)30-16-18-3-2-4-20(25)14-18/h2-14H,16H2,1H3,(H,27,28)/b19-13-. The third-order valence-electron chi connectivity index (χ3n) is 4.20. The van der Waals surface area contributed by atoms with E-state index < -0.39 is 5.91 Å². The number of ether oxygens (including phenoxy) is 2. The lowest BCUT2D eigenvalue weighted by Gasteiger charge is -2.07. The number of halogens is 1. The van der Waals surface area contributed by atoms with Crippen LogP contribution in [0.15, 0.2) is 78.4 Å². The SMILES string of the molecule is COc1ccc(NC(=O)/C(C#N)=C\c2ccc(OCc3cccc(F)c3)cc2)cc1. The van der Waals surface area contributed by atoms with Crippen molar-refractivity contribution in [2.24, 2.45) is 0 Å². The highest BCUT2D eigenvalue weighted by Gasteiger charge is 2.10. The van der Waals surface area contributed by atoms with Crippen LogP contribution in [0.4, 0.5) is 10.1 Å². The largest absolute Gasteiger partial charge is 0.497 e. The number of carbonyl (C=O) groups is 1. The van der Waals surface area contributed by atoms with E-state index in [-0.39, 0.29) is 18.0 Å². The van der Waals surface area contributed by atoms with E-state index in [9.17, 15) is 14.4 Å². The number of methoxy groups -OCH3 is 1. The van der Waals surface area contributed by atoms with Gasteiger partial charge in [-0.1, -0.05) is 24.3 Å². The predicted molar refractivity (Wildman–Crippen MR) is 112 cm³/mol. The second kappa shape index (κ2) is 9.89. The van der Waals surface area contributed by atoms with Gasteiger partial charge in [-0.25, -0.2) is 4.39 Å². The van der Waals surface area contributed by atoms with E-state index in [0.717, 1.165) is 5.56 Å². The molecule has 0 aliphatic rings. The smallest absolute Gasteiger partial charge is 0.266 e. The molecule has 5 nitrogen and oxygen atoms in total. The minimum Gasteiger partial charge on any atom is -0.497 e. The fraction of sp³-hybridized carbons (Fsp3) is 0.0833. The van der Waals surface area contributed by atoms with E-state index in [4.69, 9.17) is 9.47 Å². The molecular weight excluding hydrogens is 383 g/mol. The molecule has 0 aliphatic carbocycles. The molecule has 3 aromatic carbocycles. The van der Waals surface area contributed by atoms with Crippen LogP contribution in [0.25, 0.3) is 6.08 Å². The first-order valence-corrected chi connectivity index (χ1v) is 9.12. The molecule has 0 unspecified atom stereocenters. The van der Waals surface area contributed by atoms with Crippen LogP contribution in [0.2, 0.25) is 0 Å². The van der Waals surface area contributed by atoms with Crippen molar-refractivity contribution in [2.45, 2.75) is 6.61 Å². The van der Waals surface area contributed by atoms with Gasteiger partial charge in [0.2, 0.25) is 0 Å². The van der Waals surface area contributed by atoms with Gasteiger partial charge in [-0.2, -0.15) is 5.26 Å². The molecule has 0 saturated heterocycles. The van der Waals surface area contributed by atoms with Crippen molar-refractivity contribution >= 4 is 17.7 Å². The number of nitrogens with zero attached hydrogens (tertiary/aromatic N) is 1. The first-order valence-electron chi connectivity index (χ1n) is 9.12. The van der Waals surface area contributed by atoms with Crippen LogP contribution in [0.5, 0.6) is 11.5 Å². The fourth-order valence-electron chi connectivity index (χ4n) is 2.64. The minimum absolute atomic E-state index is 0.0285. The number of hydrogen-bond acceptors (Lipinski definition) is 4. The molecule has 0 heterocycles. The van der Waals surface area contributed by atoms with E-state index in [1.165, 1.54) is 18.2 Å². The number of nitrogens with one attached hydrogen (secondary N) is 1. The Morgan fingerprint density at radius 1 is 1.07 bits per heavy atom. The van der Waals surface area contributed by atoms with Crippen molar-refractivity contribution in [2.75, 3.05) is 12.4 Å². The summed E-state index contributed by atoms with van der Waals surface area (Å²) in [5, 5.41) is 12.0. The summed E-state index contributed by atoms with van der Waals surface area (Å²) in [6.07, 6.45) is 1.50. The highest BCUT2D eigenvalue weighted by Crippen LogP contribution is 2.18. The van der Waals surface area contributed by atoms with Gasteiger partial charge < -0.3 is 14.8 Å². The first kappa shape index (κ1) is 20.6. The monoisotopic (exact) mass is 402 g/mol. The van der Waals surface area contributed by atoms with Crippen molar-refractivity contribution in [3.63, 3.8) is 0 Å². The van der Waals surface area contributed by atoms with Gasteiger partial charge in [0, 0.05) is 5.69 Å². The number of hydrogen-bond donors (Lipinski definition) is 1. The van der Waals surface area contributed by atoms with Crippen molar-refractivity contribution < 1.29 is 18.7 Å². The molecule has 1 N–H and O–H groups in total. The van der Waals surface area contributed by atoms with Gasteiger partial charge in [-0.05, 0) is 65.7 Å². The van der Waals surface area contributed by atoms with Crippen LogP contribution in [-0.2, 0) is 11.4 Å². The maximum absolute atomic E-state index is 13.2. The summed E-state index contributed by atoms with van der Waals surface area (Å²) in [6, 6.07) is 21.8. The molecule has 0 atom stereocenters. The Bertz CT molecular complexity index is 1080. The third kappa shape index (κ3) is 5.69.